The van der Waals surface area contributed by atoms with Gasteiger partial charge < -0.3 is 15.6 Å². The SMILES string of the molecule is Nc1cc(C2CC3CC[C@H](C2)N3C(=O)c2nnc[nH]2)nc2c(I)cnn12. The van der Waals surface area contributed by atoms with E-state index in [1.165, 1.54) is 6.33 Å². The highest BCUT2D eigenvalue weighted by Crippen LogP contribution is 2.43. The molecule has 2 fully saturated rings. The van der Waals surface area contributed by atoms with E-state index in [0.717, 1.165) is 40.6 Å². The Labute approximate surface area is 162 Å². The number of aromatic amines is 1. The first kappa shape index (κ1) is 16.0. The van der Waals surface area contributed by atoms with Crippen LogP contribution < -0.4 is 5.73 Å². The number of amides is 1. The van der Waals surface area contributed by atoms with Crippen molar-refractivity contribution in [1.82, 2.24) is 34.7 Å². The molecule has 2 unspecified atom stereocenters. The Morgan fingerprint density at radius 2 is 2.08 bits per heavy atom. The second-order valence-corrected chi connectivity index (χ2v) is 8.10. The van der Waals surface area contributed by atoms with Gasteiger partial charge in [-0.15, -0.1) is 10.2 Å². The highest BCUT2D eigenvalue weighted by Gasteiger charge is 2.44. The smallest absolute Gasteiger partial charge is 0.292 e. The highest BCUT2D eigenvalue weighted by molar-refractivity contribution is 14.1. The number of halogens is 1. The standard InChI is InChI=1S/C16H17IN8O/c17-11-6-21-25-13(18)5-12(22-15(11)25)8-3-9-1-2-10(4-8)24(9)16(26)14-19-7-20-23-14/h5-10H,1-4,18H2,(H,19,20,23)/t8?,9-,10?/m1/s1. The van der Waals surface area contributed by atoms with E-state index >= 15 is 0 Å². The molecular weight excluding hydrogens is 447 g/mol. The molecule has 0 spiro atoms. The number of anilines is 1. The van der Waals surface area contributed by atoms with Crippen LogP contribution in [0.15, 0.2) is 18.6 Å². The number of carbonyl (C=O) groups is 1. The van der Waals surface area contributed by atoms with Gasteiger partial charge in [0.05, 0.1) is 9.77 Å². The Kier molecular flexibility index (Phi) is 3.62. The summed E-state index contributed by atoms with van der Waals surface area (Å²) in [6.07, 6.45) is 7.03. The van der Waals surface area contributed by atoms with E-state index in [-0.39, 0.29) is 18.0 Å². The van der Waals surface area contributed by atoms with E-state index < -0.39 is 0 Å². The van der Waals surface area contributed by atoms with Crippen LogP contribution in [-0.2, 0) is 0 Å². The van der Waals surface area contributed by atoms with E-state index in [0.29, 0.717) is 17.6 Å². The third-order valence-electron chi connectivity index (χ3n) is 5.48. The molecular formula is C16H17IN8O. The fraction of sp³-hybridized carbons (Fsp3) is 0.438. The minimum Gasteiger partial charge on any atom is -0.384 e. The molecule has 0 radical (unpaired) electrons. The zero-order chi connectivity index (χ0) is 17.8. The number of H-pyrrole nitrogens is 1. The van der Waals surface area contributed by atoms with Crippen LogP contribution in [0.25, 0.3) is 5.65 Å². The van der Waals surface area contributed by atoms with Crippen LogP contribution in [0.4, 0.5) is 5.82 Å². The lowest BCUT2D eigenvalue weighted by Crippen LogP contribution is -2.46. The molecule has 1 amide bonds. The highest BCUT2D eigenvalue weighted by atomic mass is 127. The first-order valence-electron chi connectivity index (χ1n) is 8.60. The number of nitrogens with zero attached hydrogens (tertiary/aromatic N) is 6. The van der Waals surface area contributed by atoms with Gasteiger partial charge in [-0.05, 0) is 48.3 Å². The molecule has 0 aliphatic carbocycles. The van der Waals surface area contributed by atoms with E-state index in [1.807, 2.05) is 11.0 Å². The summed E-state index contributed by atoms with van der Waals surface area (Å²) >= 11 is 2.23. The molecule has 26 heavy (non-hydrogen) atoms. The fourth-order valence-electron chi connectivity index (χ4n) is 4.37. The van der Waals surface area contributed by atoms with Crippen molar-refractivity contribution in [3.05, 3.63) is 33.7 Å². The van der Waals surface area contributed by atoms with Crippen molar-refractivity contribution >= 4 is 40.0 Å². The molecule has 3 aromatic rings. The van der Waals surface area contributed by atoms with Crippen LogP contribution in [-0.4, -0.2) is 52.7 Å². The van der Waals surface area contributed by atoms with Crippen LogP contribution in [0, 0.1) is 3.57 Å². The first-order valence-corrected chi connectivity index (χ1v) is 9.68. The maximum Gasteiger partial charge on any atom is 0.292 e. The summed E-state index contributed by atoms with van der Waals surface area (Å²) in [5.41, 5.74) is 7.97. The van der Waals surface area contributed by atoms with Crippen molar-refractivity contribution < 1.29 is 4.79 Å². The maximum absolute atomic E-state index is 12.7. The molecule has 3 N–H and O–H groups in total. The quantitative estimate of drug-likeness (QED) is 0.557. The first-order chi connectivity index (χ1) is 12.6. The third-order valence-corrected chi connectivity index (χ3v) is 6.24. The Balaban J connectivity index is 1.44. The molecule has 2 aliphatic heterocycles. The van der Waals surface area contributed by atoms with Gasteiger partial charge in [0.2, 0.25) is 5.82 Å². The predicted octanol–water partition coefficient (Wildman–Crippen LogP) is 1.58. The Morgan fingerprint density at radius 1 is 1.31 bits per heavy atom. The van der Waals surface area contributed by atoms with E-state index in [9.17, 15) is 4.79 Å². The van der Waals surface area contributed by atoms with Gasteiger partial charge in [0.25, 0.3) is 5.91 Å². The lowest BCUT2D eigenvalue weighted by molar-refractivity contribution is 0.0557. The normalized spacial score (nSPS) is 25.1. The van der Waals surface area contributed by atoms with Gasteiger partial charge in [0.1, 0.15) is 12.1 Å². The topological polar surface area (TPSA) is 118 Å². The molecule has 3 atom stereocenters. The third kappa shape index (κ3) is 2.38. The molecule has 0 aromatic carbocycles. The summed E-state index contributed by atoms with van der Waals surface area (Å²) in [6.45, 7) is 0. The molecule has 0 saturated carbocycles. The van der Waals surface area contributed by atoms with Gasteiger partial charge >= 0.3 is 0 Å². The summed E-state index contributed by atoms with van der Waals surface area (Å²) in [5.74, 6) is 1.16. The molecule has 10 heteroatoms. The van der Waals surface area contributed by atoms with Gasteiger partial charge in [-0.1, -0.05) is 0 Å². The van der Waals surface area contributed by atoms with Gasteiger partial charge in [0.15, 0.2) is 5.65 Å². The summed E-state index contributed by atoms with van der Waals surface area (Å²) in [6, 6.07) is 2.34. The second kappa shape index (κ2) is 5.89. The average molecular weight is 464 g/mol. The van der Waals surface area contributed by atoms with Gasteiger partial charge in [-0.3, -0.25) is 4.79 Å². The lowest BCUT2D eigenvalue weighted by Gasteiger charge is -2.38. The van der Waals surface area contributed by atoms with Crippen LogP contribution in [0.1, 0.15) is 47.9 Å². The molecule has 5 rings (SSSR count). The van der Waals surface area contributed by atoms with Crippen molar-refractivity contribution in [2.24, 2.45) is 0 Å². The fourth-order valence-corrected chi connectivity index (χ4v) is 4.84. The number of rotatable bonds is 2. The number of piperidine rings is 1. The number of aromatic nitrogens is 6. The van der Waals surface area contributed by atoms with E-state index in [4.69, 9.17) is 10.7 Å². The van der Waals surface area contributed by atoms with Crippen molar-refractivity contribution in [2.45, 2.75) is 43.7 Å². The molecule has 5 heterocycles. The number of hydrogen-bond acceptors (Lipinski definition) is 6. The van der Waals surface area contributed by atoms with Crippen LogP contribution >= 0.6 is 22.6 Å². The number of nitrogens with one attached hydrogen (secondary N) is 1. The van der Waals surface area contributed by atoms with E-state index in [2.05, 4.69) is 42.9 Å². The summed E-state index contributed by atoms with van der Waals surface area (Å²) in [5, 5.41) is 11.9. The maximum atomic E-state index is 12.7. The van der Waals surface area contributed by atoms with Crippen LogP contribution in [0.5, 0.6) is 0 Å². The molecule has 2 aliphatic rings. The van der Waals surface area contributed by atoms with Gasteiger partial charge in [-0.2, -0.15) is 9.61 Å². The molecule has 134 valence electrons. The Morgan fingerprint density at radius 3 is 2.77 bits per heavy atom. The number of nitrogens with two attached hydrogens (primary N) is 1. The van der Waals surface area contributed by atoms with Crippen molar-refractivity contribution in [3.8, 4) is 0 Å². The van der Waals surface area contributed by atoms with Crippen LogP contribution in [0.3, 0.4) is 0 Å². The largest absolute Gasteiger partial charge is 0.384 e. The zero-order valence-corrected chi connectivity index (χ0v) is 16.0. The minimum atomic E-state index is -0.0540. The molecule has 9 nitrogen and oxygen atoms in total. The average Bonchev–Trinajstić information content (AvgIpc) is 3.34. The van der Waals surface area contributed by atoms with Gasteiger partial charge in [0, 0.05) is 29.8 Å². The van der Waals surface area contributed by atoms with Crippen molar-refractivity contribution in [1.29, 1.82) is 0 Å². The second-order valence-electron chi connectivity index (χ2n) is 6.94. The molecule has 2 bridgehead atoms. The lowest BCUT2D eigenvalue weighted by atomic mass is 9.87. The summed E-state index contributed by atoms with van der Waals surface area (Å²) in [7, 11) is 0. The molecule has 3 aromatic heterocycles. The Hall–Kier alpha value is -2.24. The Bertz CT molecular complexity index is 970. The minimum absolute atomic E-state index is 0.0540. The number of fused-ring (bicyclic) bond motifs is 3. The van der Waals surface area contributed by atoms with Crippen molar-refractivity contribution in [3.63, 3.8) is 0 Å². The van der Waals surface area contributed by atoms with E-state index in [1.54, 1.807) is 10.7 Å². The van der Waals surface area contributed by atoms with Crippen LogP contribution in [0.2, 0.25) is 0 Å². The monoisotopic (exact) mass is 464 g/mol. The zero-order valence-electron chi connectivity index (χ0n) is 13.8. The summed E-state index contributed by atoms with van der Waals surface area (Å²) in [4.78, 5) is 22.4. The number of hydrogen-bond donors (Lipinski definition) is 2. The van der Waals surface area contributed by atoms with Crippen molar-refractivity contribution in [2.75, 3.05) is 5.73 Å². The number of nitrogen functional groups attached to an aromatic ring is 1. The summed E-state index contributed by atoms with van der Waals surface area (Å²) < 4.78 is 2.65. The predicted molar refractivity (Wildman–Crippen MR) is 101 cm³/mol. The number of carbonyl (C=O) groups excluding carboxylic acids is 1. The van der Waals surface area contributed by atoms with Gasteiger partial charge in [-0.25, -0.2) is 4.98 Å². The molecule has 2 saturated heterocycles.